The summed E-state index contributed by atoms with van der Waals surface area (Å²) >= 11 is 0. The lowest BCUT2D eigenvalue weighted by molar-refractivity contribution is 0.0932. The van der Waals surface area contributed by atoms with Crippen molar-refractivity contribution in [1.29, 1.82) is 0 Å². The van der Waals surface area contributed by atoms with Gasteiger partial charge in [0.15, 0.2) is 0 Å². The molecule has 6 heteroatoms. The van der Waals surface area contributed by atoms with E-state index in [1.165, 1.54) is 16.8 Å². The van der Waals surface area contributed by atoms with Crippen LogP contribution in [0.5, 0.6) is 5.75 Å². The topological polar surface area (TPSA) is 73.2 Å². The van der Waals surface area contributed by atoms with E-state index in [2.05, 4.69) is 10.4 Å². The summed E-state index contributed by atoms with van der Waals surface area (Å²) in [5, 5.41) is 7.16. The third-order valence-electron chi connectivity index (χ3n) is 4.37. The molecule has 6 nitrogen and oxygen atoms in total. The number of hydrogen-bond acceptors (Lipinski definition) is 4. The Morgan fingerprint density at radius 2 is 1.69 bits per heavy atom. The fourth-order valence-corrected chi connectivity index (χ4v) is 2.90. The van der Waals surface area contributed by atoms with Crippen molar-refractivity contribution in [2.75, 3.05) is 0 Å². The first-order valence-electron chi connectivity index (χ1n) is 9.62. The molecule has 0 saturated carbocycles. The largest absolute Gasteiger partial charge is 0.491 e. The second kappa shape index (κ2) is 9.19. The number of carbonyl (C=O) groups is 1. The Balaban J connectivity index is 1.70. The first kappa shape index (κ1) is 20.3. The highest BCUT2D eigenvalue weighted by Gasteiger charge is 2.14. The molecule has 0 saturated heterocycles. The van der Waals surface area contributed by atoms with Crippen molar-refractivity contribution in [2.24, 2.45) is 0 Å². The van der Waals surface area contributed by atoms with Crippen LogP contribution in [0.2, 0.25) is 0 Å². The van der Waals surface area contributed by atoms with Gasteiger partial charge in [-0.1, -0.05) is 42.5 Å². The number of carbonyl (C=O) groups excluding carboxylic acids is 1. The van der Waals surface area contributed by atoms with Gasteiger partial charge in [-0.15, -0.1) is 0 Å². The first-order chi connectivity index (χ1) is 13.9. The second-order valence-electron chi connectivity index (χ2n) is 7.13. The minimum atomic E-state index is -0.332. The number of hydrogen-bond donors (Lipinski definition) is 1. The molecule has 1 heterocycles. The maximum Gasteiger partial charge on any atom is 0.272 e. The van der Waals surface area contributed by atoms with Gasteiger partial charge < -0.3 is 10.1 Å². The summed E-state index contributed by atoms with van der Waals surface area (Å²) in [5.41, 5.74) is 1.84. The number of aromatic nitrogens is 2. The molecular formula is C23H25N3O3. The minimum Gasteiger partial charge on any atom is -0.491 e. The summed E-state index contributed by atoms with van der Waals surface area (Å²) in [7, 11) is 0. The number of nitrogens with one attached hydrogen (secondary N) is 1. The highest BCUT2D eigenvalue weighted by molar-refractivity contribution is 5.92. The zero-order valence-corrected chi connectivity index (χ0v) is 16.8. The summed E-state index contributed by atoms with van der Waals surface area (Å²) in [5.74, 6) is 0.457. The van der Waals surface area contributed by atoms with Crippen molar-refractivity contribution < 1.29 is 9.53 Å². The molecule has 0 aliphatic carbocycles. The Labute approximate surface area is 170 Å². The van der Waals surface area contributed by atoms with Crippen molar-refractivity contribution in [1.82, 2.24) is 15.1 Å². The molecule has 0 aliphatic rings. The standard InChI is InChI=1S/C23H25N3O3/c1-16(2)29-20-11-9-19(10-12-20)17(3)24-23(28)21-13-14-22(27)26(25-21)15-18-7-5-4-6-8-18/h4-14,16-17H,15H2,1-3H3,(H,24,28). The summed E-state index contributed by atoms with van der Waals surface area (Å²) in [4.78, 5) is 24.8. The number of benzene rings is 2. The number of amides is 1. The first-order valence-corrected chi connectivity index (χ1v) is 9.62. The number of ether oxygens (including phenoxy) is 1. The Kier molecular flexibility index (Phi) is 6.44. The van der Waals surface area contributed by atoms with Gasteiger partial charge in [0, 0.05) is 6.07 Å². The molecule has 3 aromatic rings. The Morgan fingerprint density at radius 3 is 2.34 bits per heavy atom. The van der Waals surface area contributed by atoms with Gasteiger partial charge in [0.1, 0.15) is 11.4 Å². The van der Waals surface area contributed by atoms with Crippen LogP contribution in [-0.2, 0) is 6.54 Å². The maximum atomic E-state index is 12.6. The van der Waals surface area contributed by atoms with Gasteiger partial charge in [0.25, 0.3) is 11.5 Å². The van der Waals surface area contributed by atoms with E-state index in [1.54, 1.807) is 0 Å². The molecule has 1 unspecified atom stereocenters. The lowest BCUT2D eigenvalue weighted by atomic mass is 10.1. The summed E-state index contributed by atoms with van der Waals surface area (Å²) in [6.45, 7) is 6.16. The van der Waals surface area contributed by atoms with E-state index < -0.39 is 0 Å². The van der Waals surface area contributed by atoms with Crippen LogP contribution in [0.1, 0.15) is 48.4 Å². The molecule has 1 atom stereocenters. The molecule has 0 spiro atoms. The number of nitrogens with zero attached hydrogens (tertiary/aromatic N) is 2. The van der Waals surface area contributed by atoms with E-state index in [0.29, 0.717) is 6.54 Å². The van der Waals surface area contributed by atoms with Crippen LogP contribution in [-0.4, -0.2) is 21.8 Å². The molecule has 150 valence electrons. The van der Waals surface area contributed by atoms with E-state index in [9.17, 15) is 9.59 Å². The monoisotopic (exact) mass is 391 g/mol. The second-order valence-corrected chi connectivity index (χ2v) is 7.13. The third-order valence-corrected chi connectivity index (χ3v) is 4.37. The van der Waals surface area contributed by atoms with E-state index >= 15 is 0 Å². The van der Waals surface area contributed by atoms with Crippen LogP contribution >= 0.6 is 0 Å². The van der Waals surface area contributed by atoms with Crippen molar-refractivity contribution in [3.63, 3.8) is 0 Å². The normalized spacial score (nSPS) is 11.9. The molecule has 0 radical (unpaired) electrons. The SMILES string of the molecule is CC(C)Oc1ccc(C(C)NC(=O)c2ccc(=O)n(Cc3ccccc3)n2)cc1. The zero-order chi connectivity index (χ0) is 20.8. The Hall–Kier alpha value is -3.41. The van der Waals surface area contributed by atoms with Crippen LogP contribution in [0.25, 0.3) is 0 Å². The summed E-state index contributed by atoms with van der Waals surface area (Å²) in [6.07, 6.45) is 0.107. The molecule has 0 aliphatic heterocycles. The molecule has 29 heavy (non-hydrogen) atoms. The predicted octanol–water partition coefficient (Wildman–Crippen LogP) is 3.57. The molecule has 3 rings (SSSR count). The highest BCUT2D eigenvalue weighted by Crippen LogP contribution is 2.18. The van der Waals surface area contributed by atoms with Gasteiger partial charge in [-0.25, -0.2) is 4.68 Å². The van der Waals surface area contributed by atoms with E-state index in [1.807, 2.05) is 75.4 Å². The lowest BCUT2D eigenvalue weighted by Gasteiger charge is -2.16. The molecule has 1 amide bonds. The Morgan fingerprint density at radius 1 is 1.00 bits per heavy atom. The van der Waals surface area contributed by atoms with Gasteiger partial charge in [-0.3, -0.25) is 9.59 Å². The van der Waals surface area contributed by atoms with Crippen molar-refractivity contribution in [2.45, 2.75) is 39.5 Å². The van der Waals surface area contributed by atoms with Gasteiger partial charge in [-0.2, -0.15) is 5.10 Å². The van der Waals surface area contributed by atoms with Gasteiger partial charge in [0.2, 0.25) is 0 Å². The lowest BCUT2D eigenvalue weighted by Crippen LogP contribution is -2.31. The zero-order valence-electron chi connectivity index (χ0n) is 16.8. The fraction of sp³-hybridized carbons (Fsp3) is 0.261. The summed E-state index contributed by atoms with van der Waals surface area (Å²) in [6, 6.07) is 19.8. The van der Waals surface area contributed by atoms with Crippen molar-refractivity contribution >= 4 is 5.91 Å². The number of rotatable bonds is 7. The minimum absolute atomic E-state index is 0.107. The van der Waals surface area contributed by atoms with Gasteiger partial charge in [0.05, 0.1) is 18.7 Å². The van der Waals surface area contributed by atoms with Crippen molar-refractivity contribution in [3.8, 4) is 5.75 Å². The van der Waals surface area contributed by atoms with Gasteiger partial charge >= 0.3 is 0 Å². The van der Waals surface area contributed by atoms with Crippen LogP contribution in [0.4, 0.5) is 0 Å². The van der Waals surface area contributed by atoms with Crippen LogP contribution < -0.4 is 15.6 Å². The van der Waals surface area contributed by atoms with E-state index in [-0.39, 0.29) is 29.3 Å². The van der Waals surface area contributed by atoms with Crippen LogP contribution in [0.3, 0.4) is 0 Å². The average molecular weight is 391 g/mol. The predicted molar refractivity (Wildman–Crippen MR) is 112 cm³/mol. The van der Waals surface area contributed by atoms with Gasteiger partial charge in [-0.05, 0) is 50.1 Å². The van der Waals surface area contributed by atoms with E-state index in [4.69, 9.17) is 4.74 Å². The van der Waals surface area contributed by atoms with Crippen LogP contribution in [0, 0.1) is 0 Å². The molecule has 0 bridgehead atoms. The molecule has 1 aromatic heterocycles. The van der Waals surface area contributed by atoms with Crippen molar-refractivity contribution in [3.05, 3.63) is 93.9 Å². The average Bonchev–Trinajstić information content (AvgIpc) is 2.70. The maximum absolute atomic E-state index is 12.6. The molecule has 2 aromatic carbocycles. The molecule has 0 fully saturated rings. The third kappa shape index (κ3) is 5.54. The fourth-order valence-electron chi connectivity index (χ4n) is 2.90. The Bertz CT molecular complexity index is 1010. The smallest absolute Gasteiger partial charge is 0.272 e. The summed E-state index contributed by atoms with van der Waals surface area (Å²) < 4.78 is 6.94. The van der Waals surface area contributed by atoms with E-state index in [0.717, 1.165) is 16.9 Å². The quantitative estimate of drug-likeness (QED) is 0.668. The van der Waals surface area contributed by atoms with Crippen LogP contribution in [0.15, 0.2) is 71.5 Å². The molecular weight excluding hydrogens is 366 g/mol. The highest BCUT2D eigenvalue weighted by atomic mass is 16.5. The molecule has 1 N–H and O–H groups in total.